The zero-order valence-corrected chi connectivity index (χ0v) is 17.0. The van der Waals surface area contributed by atoms with E-state index in [9.17, 15) is 18.0 Å². The summed E-state index contributed by atoms with van der Waals surface area (Å²) < 4.78 is 43.8. The Bertz CT molecular complexity index is 899. The summed E-state index contributed by atoms with van der Waals surface area (Å²) in [6.07, 6.45) is -3.60. The topological polar surface area (TPSA) is 62.5 Å². The van der Waals surface area contributed by atoms with Crippen molar-refractivity contribution < 1.29 is 22.7 Å². The monoisotopic (exact) mass is 442 g/mol. The number of carbonyl (C=O) groups excluding carboxylic acids is 1. The van der Waals surface area contributed by atoms with E-state index in [4.69, 9.17) is 21.7 Å². The second-order valence-electron chi connectivity index (χ2n) is 5.87. The first-order valence-corrected chi connectivity index (χ1v) is 10.2. The number of halogens is 4. The molecule has 0 unspecified atom stereocenters. The molecule has 2 aromatic carbocycles. The molecular weight excluding hydrogens is 425 g/mol. The number of thioether (sulfide) groups is 1. The van der Waals surface area contributed by atoms with Gasteiger partial charge in [0.15, 0.2) is 0 Å². The summed E-state index contributed by atoms with van der Waals surface area (Å²) in [5.74, 6) is 0.149. The molecule has 9 heteroatoms. The Balaban J connectivity index is 2.32. The molecule has 2 aromatic rings. The Morgan fingerprint density at radius 2 is 1.76 bits per heavy atom. The van der Waals surface area contributed by atoms with Gasteiger partial charge in [0.1, 0.15) is 12.3 Å². The number of carbonyl (C=O) groups is 1. The fourth-order valence-electron chi connectivity index (χ4n) is 2.26. The van der Waals surface area contributed by atoms with Crippen molar-refractivity contribution in [3.63, 3.8) is 0 Å². The molecule has 0 aliphatic carbocycles. The van der Waals surface area contributed by atoms with Crippen molar-refractivity contribution >= 4 is 46.4 Å². The third-order valence-electron chi connectivity index (χ3n) is 3.77. The van der Waals surface area contributed by atoms with Gasteiger partial charge in [-0.2, -0.15) is 24.9 Å². The summed E-state index contributed by atoms with van der Waals surface area (Å²) in [4.78, 5) is 16.2. The van der Waals surface area contributed by atoms with Gasteiger partial charge in [-0.25, -0.2) is 4.79 Å². The predicted octanol–water partition coefficient (Wildman–Crippen LogP) is 5.95. The van der Waals surface area contributed by atoms with Crippen molar-refractivity contribution in [1.82, 2.24) is 0 Å². The quantitative estimate of drug-likeness (QED) is 0.312. The second-order valence-corrected chi connectivity index (χ2v) is 7.26. The van der Waals surface area contributed by atoms with Crippen molar-refractivity contribution in [2.24, 2.45) is 4.99 Å². The molecule has 0 bridgehead atoms. The lowest BCUT2D eigenvalue weighted by atomic mass is 10.0. The Morgan fingerprint density at radius 1 is 1.14 bits per heavy atom. The molecule has 1 N–H and O–H groups in total. The number of hydrogen-bond donors (Lipinski definition) is 1. The van der Waals surface area contributed by atoms with Gasteiger partial charge in [0.05, 0.1) is 22.0 Å². The van der Waals surface area contributed by atoms with Crippen LogP contribution in [0.25, 0.3) is 0 Å². The number of para-hydroxylation sites is 1. The van der Waals surface area contributed by atoms with Crippen LogP contribution in [0.1, 0.15) is 22.3 Å². The first-order valence-electron chi connectivity index (χ1n) is 8.45. The minimum atomic E-state index is -4.76. The highest BCUT2D eigenvalue weighted by molar-refractivity contribution is 7.98. The standard InChI is InChI=1S/C20H18ClF3N2O2S/c1-29-11-10-28-19(27)14-8-6-13(7-9-14)17(12-18(25)20(22,23)24)26-16-5-3-2-4-15(16)21/h2-9,25H,10-12H2,1H3. The molecule has 0 aromatic heterocycles. The molecule has 0 saturated carbocycles. The van der Waals surface area contributed by atoms with Crippen molar-refractivity contribution in [3.05, 3.63) is 64.7 Å². The first-order chi connectivity index (χ1) is 13.7. The van der Waals surface area contributed by atoms with E-state index in [0.29, 0.717) is 17.0 Å². The van der Waals surface area contributed by atoms with Crippen LogP contribution in [-0.2, 0) is 4.74 Å². The number of rotatable bonds is 8. The van der Waals surface area contributed by atoms with Crippen LogP contribution >= 0.6 is 23.4 Å². The van der Waals surface area contributed by atoms with Crippen molar-refractivity contribution in [1.29, 1.82) is 5.41 Å². The summed E-state index contributed by atoms with van der Waals surface area (Å²) in [7, 11) is 0. The molecule has 2 rings (SSSR count). The van der Waals surface area contributed by atoms with Crippen LogP contribution in [0.2, 0.25) is 5.02 Å². The van der Waals surface area contributed by atoms with E-state index in [2.05, 4.69) is 4.99 Å². The minimum absolute atomic E-state index is 0.0164. The molecule has 0 fully saturated rings. The molecule has 0 spiro atoms. The molecule has 0 aliphatic heterocycles. The number of nitrogens with zero attached hydrogens (tertiary/aromatic N) is 1. The maximum Gasteiger partial charge on any atom is 0.429 e. The molecular formula is C20H18ClF3N2O2S. The Hall–Kier alpha value is -2.32. The number of benzene rings is 2. The van der Waals surface area contributed by atoms with Gasteiger partial charge in [-0.15, -0.1) is 0 Å². The van der Waals surface area contributed by atoms with Crippen LogP contribution < -0.4 is 0 Å². The van der Waals surface area contributed by atoms with E-state index >= 15 is 0 Å². The third kappa shape index (κ3) is 6.90. The summed E-state index contributed by atoms with van der Waals surface area (Å²) in [6, 6.07) is 12.3. The van der Waals surface area contributed by atoms with Gasteiger partial charge in [-0.05, 0) is 36.1 Å². The normalized spacial score (nSPS) is 12.0. The Morgan fingerprint density at radius 3 is 2.34 bits per heavy atom. The predicted molar refractivity (Wildman–Crippen MR) is 111 cm³/mol. The average molecular weight is 443 g/mol. The summed E-state index contributed by atoms with van der Waals surface area (Å²) in [5, 5.41) is 7.60. The molecule has 0 aliphatic rings. The van der Waals surface area contributed by atoms with Gasteiger partial charge >= 0.3 is 12.1 Å². The maximum atomic E-state index is 12.9. The van der Waals surface area contributed by atoms with Crippen LogP contribution in [0.15, 0.2) is 53.5 Å². The van der Waals surface area contributed by atoms with Gasteiger partial charge < -0.3 is 10.1 Å². The summed E-state index contributed by atoms with van der Waals surface area (Å²) in [5.41, 5.74) is -0.497. The fourth-order valence-corrected chi connectivity index (χ4v) is 2.69. The number of nitrogens with one attached hydrogen (secondary N) is 1. The van der Waals surface area contributed by atoms with E-state index < -0.39 is 24.3 Å². The Kier molecular flexibility index (Phi) is 8.28. The molecule has 29 heavy (non-hydrogen) atoms. The number of aliphatic imine (C=N–C) groups is 1. The van der Waals surface area contributed by atoms with Gasteiger partial charge in [0, 0.05) is 12.2 Å². The summed E-state index contributed by atoms with van der Waals surface area (Å²) in [6.45, 7) is 0.268. The Labute approximate surface area is 175 Å². The first kappa shape index (κ1) is 23.0. The highest BCUT2D eigenvalue weighted by Crippen LogP contribution is 2.27. The van der Waals surface area contributed by atoms with Crippen LogP contribution in [-0.4, -0.2) is 42.2 Å². The lowest BCUT2D eigenvalue weighted by molar-refractivity contribution is -0.0605. The van der Waals surface area contributed by atoms with Gasteiger partial charge in [-0.1, -0.05) is 35.9 Å². The highest BCUT2D eigenvalue weighted by atomic mass is 35.5. The second kappa shape index (κ2) is 10.5. The zero-order valence-electron chi connectivity index (χ0n) is 15.4. The number of esters is 1. The molecule has 4 nitrogen and oxygen atoms in total. The zero-order chi connectivity index (χ0) is 21.4. The van der Waals surface area contributed by atoms with E-state index in [0.717, 1.165) is 0 Å². The fraction of sp³-hybridized carbons (Fsp3) is 0.250. The van der Waals surface area contributed by atoms with E-state index in [1.807, 2.05) is 6.26 Å². The van der Waals surface area contributed by atoms with E-state index in [-0.39, 0.29) is 22.9 Å². The molecule has 0 amide bonds. The van der Waals surface area contributed by atoms with Crippen LogP contribution in [0.3, 0.4) is 0 Å². The van der Waals surface area contributed by atoms with Crippen molar-refractivity contribution in [2.75, 3.05) is 18.6 Å². The van der Waals surface area contributed by atoms with Crippen LogP contribution in [0.4, 0.5) is 18.9 Å². The van der Waals surface area contributed by atoms with E-state index in [1.165, 1.54) is 36.0 Å². The molecule has 0 atom stereocenters. The number of hydrogen-bond acceptors (Lipinski definition) is 5. The van der Waals surface area contributed by atoms with Crippen LogP contribution in [0, 0.1) is 5.41 Å². The molecule has 0 radical (unpaired) electrons. The van der Waals surface area contributed by atoms with Gasteiger partial charge in [-0.3, -0.25) is 4.99 Å². The molecule has 0 heterocycles. The lowest BCUT2D eigenvalue weighted by Crippen LogP contribution is -2.25. The van der Waals surface area contributed by atoms with Crippen molar-refractivity contribution in [2.45, 2.75) is 12.6 Å². The lowest BCUT2D eigenvalue weighted by Gasteiger charge is -2.12. The largest absolute Gasteiger partial charge is 0.461 e. The third-order valence-corrected chi connectivity index (χ3v) is 4.66. The smallest absolute Gasteiger partial charge is 0.429 e. The molecule has 154 valence electrons. The van der Waals surface area contributed by atoms with Gasteiger partial charge in [0.2, 0.25) is 0 Å². The summed E-state index contributed by atoms with van der Waals surface area (Å²) >= 11 is 7.60. The highest BCUT2D eigenvalue weighted by Gasteiger charge is 2.35. The van der Waals surface area contributed by atoms with Gasteiger partial charge in [0.25, 0.3) is 0 Å². The average Bonchev–Trinajstić information content (AvgIpc) is 2.68. The number of alkyl halides is 3. The van der Waals surface area contributed by atoms with Crippen LogP contribution in [0.5, 0.6) is 0 Å². The van der Waals surface area contributed by atoms with Crippen molar-refractivity contribution in [3.8, 4) is 0 Å². The molecule has 0 saturated heterocycles. The van der Waals surface area contributed by atoms with E-state index in [1.54, 1.807) is 24.3 Å². The number of ether oxygens (including phenoxy) is 1. The minimum Gasteiger partial charge on any atom is -0.461 e. The SMILES string of the molecule is CSCCOC(=O)c1ccc(C(CC(=N)C(F)(F)F)=Nc2ccccc2Cl)cc1. The maximum absolute atomic E-state index is 12.9.